The zero-order chi connectivity index (χ0) is 14.0. The van der Waals surface area contributed by atoms with Gasteiger partial charge in [0.05, 0.1) is 19.9 Å². The van der Waals surface area contributed by atoms with Gasteiger partial charge in [-0.3, -0.25) is 4.68 Å². The van der Waals surface area contributed by atoms with Crippen molar-refractivity contribution in [3.8, 4) is 28.8 Å². The molecule has 0 atom stereocenters. The van der Waals surface area contributed by atoms with Crippen molar-refractivity contribution in [1.29, 1.82) is 5.26 Å². The van der Waals surface area contributed by atoms with Gasteiger partial charge in [-0.05, 0) is 24.6 Å². The Morgan fingerprint density at radius 3 is 2.37 bits per heavy atom. The van der Waals surface area contributed by atoms with E-state index < -0.39 is 0 Å². The quantitative estimate of drug-likeness (QED) is 0.846. The highest BCUT2D eigenvalue weighted by molar-refractivity contribution is 5.71. The van der Waals surface area contributed by atoms with E-state index in [4.69, 9.17) is 14.7 Å². The zero-order valence-corrected chi connectivity index (χ0v) is 11.4. The van der Waals surface area contributed by atoms with Crippen LogP contribution in [0, 0.1) is 18.3 Å². The predicted octanol–water partition coefficient (Wildman–Crippen LogP) is 2.28. The third-order valence-electron chi connectivity index (χ3n) is 2.99. The third kappa shape index (κ3) is 2.25. The molecule has 0 unspecified atom stereocenters. The average Bonchev–Trinajstić information content (AvgIpc) is 2.79. The lowest BCUT2D eigenvalue weighted by Crippen LogP contribution is -1.98. The summed E-state index contributed by atoms with van der Waals surface area (Å²) in [5.74, 6) is 1.50. The summed E-state index contributed by atoms with van der Waals surface area (Å²) >= 11 is 0. The second kappa shape index (κ2) is 5.02. The first-order valence-corrected chi connectivity index (χ1v) is 5.77. The van der Waals surface area contributed by atoms with Crippen molar-refractivity contribution >= 4 is 0 Å². The predicted molar refractivity (Wildman–Crippen MR) is 71.2 cm³/mol. The summed E-state index contributed by atoms with van der Waals surface area (Å²) in [6.45, 7) is 1.95. The highest BCUT2D eigenvalue weighted by Gasteiger charge is 2.15. The highest BCUT2D eigenvalue weighted by atomic mass is 16.5. The molecule has 1 aromatic carbocycles. The van der Waals surface area contributed by atoms with Gasteiger partial charge in [-0.2, -0.15) is 10.4 Å². The molecule has 0 radical (unpaired) electrons. The van der Waals surface area contributed by atoms with Crippen LogP contribution in [0.15, 0.2) is 18.2 Å². The van der Waals surface area contributed by atoms with Crippen LogP contribution in [0.2, 0.25) is 0 Å². The minimum Gasteiger partial charge on any atom is -0.496 e. The molecule has 19 heavy (non-hydrogen) atoms. The number of rotatable bonds is 3. The molecular weight excluding hydrogens is 242 g/mol. The summed E-state index contributed by atoms with van der Waals surface area (Å²) in [6.07, 6.45) is 0. The van der Waals surface area contributed by atoms with Crippen molar-refractivity contribution in [3.05, 3.63) is 29.5 Å². The Kier molecular flexibility index (Phi) is 3.43. The third-order valence-corrected chi connectivity index (χ3v) is 2.99. The topological polar surface area (TPSA) is 60.1 Å². The molecule has 0 spiro atoms. The standard InChI is InChI=1S/C14H15N3O2/c1-9-5-14(19-4)11(7-13(9)18-3)12-6-10(8-15)16-17(12)2/h5-7H,1-4H3. The SMILES string of the molecule is COc1cc(-c2cc(C#N)nn2C)c(OC)cc1C. The van der Waals surface area contributed by atoms with Crippen LogP contribution in [-0.2, 0) is 7.05 Å². The van der Waals surface area contributed by atoms with Crippen LogP contribution < -0.4 is 9.47 Å². The average molecular weight is 257 g/mol. The number of methoxy groups -OCH3 is 2. The molecule has 98 valence electrons. The van der Waals surface area contributed by atoms with E-state index in [1.54, 1.807) is 32.0 Å². The first-order chi connectivity index (χ1) is 9.10. The van der Waals surface area contributed by atoms with E-state index in [2.05, 4.69) is 5.10 Å². The maximum absolute atomic E-state index is 8.91. The summed E-state index contributed by atoms with van der Waals surface area (Å²) in [5.41, 5.74) is 3.03. The van der Waals surface area contributed by atoms with Crippen LogP contribution in [0.3, 0.4) is 0 Å². The van der Waals surface area contributed by atoms with E-state index in [-0.39, 0.29) is 0 Å². The molecule has 0 aliphatic rings. The van der Waals surface area contributed by atoms with Crippen LogP contribution in [0.5, 0.6) is 11.5 Å². The van der Waals surface area contributed by atoms with E-state index in [0.717, 1.165) is 28.3 Å². The van der Waals surface area contributed by atoms with Gasteiger partial charge < -0.3 is 9.47 Å². The van der Waals surface area contributed by atoms with E-state index in [0.29, 0.717) is 5.69 Å². The Morgan fingerprint density at radius 1 is 1.16 bits per heavy atom. The van der Waals surface area contributed by atoms with Crippen LogP contribution in [0.25, 0.3) is 11.3 Å². The van der Waals surface area contributed by atoms with Crippen LogP contribution in [0.4, 0.5) is 0 Å². The molecular formula is C14H15N3O2. The first kappa shape index (κ1) is 13.0. The molecule has 0 bridgehead atoms. The van der Waals surface area contributed by atoms with Crippen molar-refractivity contribution in [2.24, 2.45) is 7.05 Å². The Labute approximate surface area is 112 Å². The number of aryl methyl sites for hydroxylation is 2. The molecule has 2 rings (SSSR count). The number of hydrogen-bond donors (Lipinski definition) is 0. The van der Waals surface area contributed by atoms with Crippen molar-refractivity contribution in [3.63, 3.8) is 0 Å². The Balaban J connectivity index is 2.66. The summed E-state index contributed by atoms with van der Waals surface area (Å²) in [5, 5.41) is 13.0. The summed E-state index contributed by atoms with van der Waals surface area (Å²) in [4.78, 5) is 0. The molecule has 0 fully saturated rings. The molecule has 0 saturated carbocycles. The maximum atomic E-state index is 8.91. The van der Waals surface area contributed by atoms with Gasteiger partial charge in [0, 0.05) is 18.7 Å². The van der Waals surface area contributed by atoms with Crippen molar-refractivity contribution < 1.29 is 9.47 Å². The molecule has 2 aromatic rings. The molecule has 0 aliphatic heterocycles. The number of ether oxygens (including phenoxy) is 2. The van der Waals surface area contributed by atoms with Crippen LogP contribution >= 0.6 is 0 Å². The first-order valence-electron chi connectivity index (χ1n) is 5.77. The molecule has 5 heteroatoms. The number of benzene rings is 1. The Hall–Kier alpha value is -2.48. The fourth-order valence-electron chi connectivity index (χ4n) is 2.02. The van der Waals surface area contributed by atoms with Gasteiger partial charge in [0.25, 0.3) is 0 Å². The van der Waals surface area contributed by atoms with E-state index in [1.165, 1.54) is 0 Å². The monoisotopic (exact) mass is 257 g/mol. The Bertz CT molecular complexity index is 653. The van der Waals surface area contributed by atoms with Crippen molar-refractivity contribution in [2.75, 3.05) is 14.2 Å². The minimum atomic E-state index is 0.374. The molecule has 1 aromatic heterocycles. The van der Waals surface area contributed by atoms with Crippen molar-refractivity contribution in [2.45, 2.75) is 6.92 Å². The fraction of sp³-hybridized carbons (Fsp3) is 0.286. The van der Waals surface area contributed by atoms with Gasteiger partial charge in [-0.15, -0.1) is 0 Å². The maximum Gasteiger partial charge on any atom is 0.163 e. The molecule has 5 nitrogen and oxygen atoms in total. The lowest BCUT2D eigenvalue weighted by atomic mass is 10.1. The molecule has 0 N–H and O–H groups in total. The fourth-order valence-corrected chi connectivity index (χ4v) is 2.02. The molecule has 1 heterocycles. The van der Waals surface area contributed by atoms with Gasteiger partial charge in [0.1, 0.15) is 17.6 Å². The Morgan fingerprint density at radius 2 is 1.84 bits per heavy atom. The van der Waals surface area contributed by atoms with Crippen LogP contribution in [-0.4, -0.2) is 24.0 Å². The second-order valence-corrected chi connectivity index (χ2v) is 4.17. The largest absolute Gasteiger partial charge is 0.496 e. The lowest BCUT2D eigenvalue weighted by Gasteiger charge is -2.13. The lowest BCUT2D eigenvalue weighted by molar-refractivity contribution is 0.401. The number of nitriles is 1. The van der Waals surface area contributed by atoms with Gasteiger partial charge in [0.15, 0.2) is 5.69 Å². The van der Waals surface area contributed by atoms with Crippen LogP contribution in [0.1, 0.15) is 11.3 Å². The summed E-state index contributed by atoms with van der Waals surface area (Å²) < 4.78 is 12.4. The minimum absolute atomic E-state index is 0.374. The smallest absolute Gasteiger partial charge is 0.163 e. The molecule has 0 aliphatic carbocycles. The van der Waals surface area contributed by atoms with Gasteiger partial charge >= 0.3 is 0 Å². The second-order valence-electron chi connectivity index (χ2n) is 4.17. The number of nitrogens with zero attached hydrogens (tertiary/aromatic N) is 3. The molecule has 0 amide bonds. The highest BCUT2D eigenvalue weighted by Crippen LogP contribution is 2.35. The molecule has 0 saturated heterocycles. The van der Waals surface area contributed by atoms with Gasteiger partial charge in [-0.25, -0.2) is 0 Å². The van der Waals surface area contributed by atoms with Gasteiger partial charge in [-0.1, -0.05) is 0 Å². The summed E-state index contributed by atoms with van der Waals surface area (Å²) in [6, 6.07) is 7.57. The van der Waals surface area contributed by atoms with Gasteiger partial charge in [0.2, 0.25) is 0 Å². The summed E-state index contributed by atoms with van der Waals surface area (Å²) in [7, 11) is 5.04. The van der Waals surface area contributed by atoms with E-state index in [9.17, 15) is 0 Å². The van der Waals surface area contributed by atoms with E-state index >= 15 is 0 Å². The van der Waals surface area contributed by atoms with E-state index in [1.807, 2.05) is 25.1 Å². The van der Waals surface area contributed by atoms with Crippen molar-refractivity contribution in [1.82, 2.24) is 9.78 Å². The zero-order valence-electron chi connectivity index (χ0n) is 11.4. The number of aromatic nitrogens is 2. The normalized spacial score (nSPS) is 10.1. The number of hydrogen-bond acceptors (Lipinski definition) is 4.